The van der Waals surface area contributed by atoms with Gasteiger partial charge in [0.05, 0.1) is 0 Å². The molecular formula is C20H21BrFNO2. The molecule has 0 fully saturated rings. The number of carbonyl (C=O) groups excluding carboxylic acids is 2. The molecular weight excluding hydrogens is 385 g/mol. The number of benzene rings is 1. The maximum absolute atomic E-state index is 14.7. The van der Waals surface area contributed by atoms with Gasteiger partial charge in [0, 0.05) is 44.9 Å². The number of hydrogen-bond donors (Lipinski definition) is 1. The van der Waals surface area contributed by atoms with Gasteiger partial charge in [0.25, 0.3) is 0 Å². The monoisotopic (exact) mass is 405 g/mol. The van der Waals surface area contributed by atoms with E-state index >= 15 is 0 Å². The first kappa shape index (κ1) is 18.1. The number of halogens is 2. The third-order valence-electron chi connectivity index (χ3n) is 4.89. The molecule has 5 heteroatoms. The van der Waals surface area contributed by atoms with Crippen LogP contribution in [0, 0.1) is 11.2 Å². The van der Waals surface area contributed by atoms with Crippen LogP contribution in [0.3, 0.4) is 0 Å². The zero-order valence-electron chi connectivity index (χ0n) is 14.8. The summed E-state index contributed by atoms with van der Waals surface area (Å²) < 4.78 is 15.3. The van der Waals surface area contributed by atoms with Crippen molar-refractivity contribution in [3.63, 3.8) is 0 Å². The summed E-state index contributed by atoms with van der Waals surface area (Å²) in [4.78, 5) is 25.2. The summed E-state index contributed by atoms with van der Waals surface area (Å²) >= 11 is 3.26. The van der Waals surface area contributed by atoms with Gasteiger partial charge in [-0.3, -0.25) is 9.59 Å². The van der Waals surface area contributed by atoms with Crippen LogP contribution >= 0.6 is 15.9 Å². The van der Waals surface area contributed by atoms with Gasteiger partial charge in [0.1, 0.15) is 5.82 Å². The molecule has 3 rings (SSSR count). The molecule has 1 heterocycles. The maximum atomic E-state index is 14.7. The Morgan fingerprint density at radius 1 is 1.32 bits per heavy atom. The van der Waals surface area contributed by atoms with E-state index in [1.54, 1.807) is 12.1 Å². The van der Waals surface area contributed by atoms with Gasteiger partial charge in [-0.25, -0.2) is 4.39 Å². The number of allylic oxidation sites excluding steroid dienone is 4. The molecule has 0 amide bonds. The summed E-state index contributed by atoms with van der Waals surface area (Å²) in [6.07, 6.45) is 1.09. The molecule has 1 unspecified atom stereocenters. The van der Waals surface area contributed by atoms with Crippen molar-refractivity contribution in [3.8, 4) is 0 Å². The first-order valence-corrected chi connectivity index (χ1v) is 9.10. The average Bonchev–Trinajstić information content (AvgIpc) is 2.43. The molecule has 1 atom stereocenters. The van der Waals surface area contributed by atoms with Crippen LogP contribution in [0.4, 0.5) is 4.39 Å². The minimum Gasteiger partial charge on any atom is -0.362 e. The number of carbonyl (C=O) groups is 2. The van der Waals surface area contributed by atoms with Crippen LogP contribution < -0.4 is 5.32 Å². The molecule has 0 bridgehead atoms. The number of nitrogens with one attached hydrogen (secondary N) is 1. The van der Waals surface area contributed by atoms with Crippen LogP contribution in [0.2, 0.25) is 0 Å². The van der Waals surface area contributed by atoms with Crippen LogP contribution in [-0.4, -0.2) is 11.6 Å². The molecule has 1 aromatic carbocycles. The largest absolute Gasteiger partial charge is 0.362 e. The molecule has 1 N–H and O–H groups in total. The van der Waals surface area contributed by atoms with Gasteiger partial charge in [0.15, 0.2) is 11.6 Å². The Hall–Kier alpha value is -1.75. The summed E-state index contributed by atoms with van der Waals surface area (Å²) in [6, 6.07) is 4.77. The third kappa shape index (κ3) is 3.22. The van der Waals surface area contributed by atoms with E-state index in [4.69, 9.17) is 0 Å². The molecule has 1 aliphatic heterocycles. The summed E-state index contributed by atoms with van der Waals surface area (Å²) in [5.41, 5.74) is 2.74. The van der Waals surface area contributed by atoms with Gasteiger partial charge in [-0.2, -0.15) is 0 Å². The maximum Gasteiger partial charge on any atom is 0.162 e. The van der Waals surface area contributed by atoms with Gasteiger partial charge >= 0.3 is 0 Å². The highest BCUT2D eigenvalue weighted by Crippen LogP contribution is 2.47. The Labute approximate surface area is 155 Å². The molecule has 0 spiro atoms. The number of rotatable bonds is 2. The number of Topliss-reactive ketones (excluding diaryl/α,β-unsaturated/α-hetero) is 2. The van der Waals surface area contributed by atoms with Crippen LogP contribution in [0.25, 0.3) is 0 Å². The minimum absolute atomic E-state index is 0.0164. The van der Waals surface area contributed by atoms with Crippen molar-refractivity contribution in [2.45, 2.75) is 46.5 Å². The van der Waals surface area contributed by atoms with E-state index in [1.807, 2.05) is 20.8 Å². The highest BCUT2D eigenvalue weighted by Gasteiger charge is 2.42. The van der Waals surface area contributed by atoms with Crippen molar-refractivity contribution in [2.75, 3.05) is 0 Å². The van der Waals surface area contributed by atoms with E-state index in [9.17, 15) is 14.0 Å². The van der Waals surface area contributed by atoms with Crippen LogP contribution in [0.5, 0.6) is 0 Å². The number of dihydropyridines is 1. The predicted molar refractivity (Wildman–Crippen MR) is 98.4 cm³/mol. The fraction of sp³-hybridized carbons (Fsp3) is 0.400. The molecule has 1 aromatic rings. The van der Waals surface area contributed by atoms with Gasteiger partial charge in [-0.15, -0.1) is 0 Å². The second-order valence-electron chi connectivity index (χ2n) is 7.65. The lowest BCUT2D eigenvalue weighted by atomic mass is 9.68. The molecule has 2 aliphatic rings. The normalized spacial score (nSPS) is 22.6. The first-order valence-electron chi connectivity index (χ1n) is 8.30. The second kappa shape index (κ2) is 6.20. The highest BCUT2D eigenvalue weighted by molar-refractivity contribution is 9.10. The third-order valence-corrected chi connectivity index (χ3v) is 5.39. The number of ketones is 2. The smallest absolute Gasteiger partial charge is 0.162 e. The molecule has 25 heavy (non-hydrogen) atoms. The lowest BCUT2D eigenvalue weighted by Crippen LogP contribution is -2.38. The van der Waals surface area contributed by atoms with E-state index < -0.39 is 11.7 Å². The average molecular weight is 406 g/mol. The highest BCUT2D eigenvalue weighted by atomic mass is 79.9. The van der Waals surface area contributed by atoms with Gasteiger partial charge in [-0.1, -0.05) is 35.8 Å². The number of hydrogen-bond acceptors (Lipinski definition) is 3. The summed E-state index contributed by atoms with van der Waals surface area (Å²) in [5, 5.41) is 3.25. The standard InChI is InChI=1S/C20H21BrFNO2/c1-10-17(11(2)24)18(13-6-5-12(21)7-14(13)22)19-15(23-10)8-20(3,4)9-16(19)25/h5-7,18,23H,8-9H2,1-4H3. The first-order chi connectivity index (χ1) is 11.6. The second-order valence-corrected chi connectivity index (χ2v) is 8.57. The van der Waals surface area contributed by atoms with E-state index in [0.717, 1.165) is 5.70 Å². The minimum atomic E-state index is -0.648. The van der Waals surface area contributed by atoms with Gasteiger partial charge in [0.2, 0.25) is 0 Å². The Morgan fingerprint density at radius 3 is 2.60 bits per heavy atom. The van der Waals surface area contributed by atoms with Crippen molar-refractivity contribution >= 4 is 27.5 Å². The van der Waals surface area contributed by atoms with Gasteiger partial charge in [-0.05, 0) is 37.8 Å². The van der Waals surface area contributed by atoms with E-state index in [2.05, 4.69) is 21.2 Å². The van der Waals surface area contributed by atoms with Crippen molar-refractivity contribution in [1.29, 1.82) is 0 Å². The summed E-state index contributed by atoms with van der Waals surface area (Å²) in [5.74, 6) is -1.23. The van der Waals surface area contributed by atoms with Crippen LogP contribution in [0.1, 0.15) is 52.0 Å². The predicted octanol–water partition coefficient (Wildman–Crippen LogP) is 4.78. The lowest BCUT2D eigenvalue weighted by molar-refractivity contribution is -0.118. The molecule has 0 saturated heterocycles. The van der Waals surface area contributed by atoms with E-state index in [1.165, 1.54) is 13.0 Å². The van der Waals surface area contributed by atoms with Crippen molar-refractivity contribution < 1.29 is 14.0 Å². The fourth-order valence-electron chi connectivity index (χ4n) is 3.95. The molecule has 3 nitrogen and oxygen atoms in total. The summed E-state index contributed by atoms with van der Waals surface area (Å²) in [7, 11) is 0. The van der Waals surface area contributed by atoms with E-state index in [0.29, 0.717) is 39.7 Å². The summed E-state index contributed by atoms with van der Waals surface area (Å²) in [6.45, 7) is 7.37. The zero-order valence-corrected chi connectivity index (χ0v) is 16.4. The Balaban J connectivity index is 2.24. The van der Waals surface area contributed by atoms with Crippen molar-refractivity contribution in [2.24, 2.45) is 5.41 Å². The fourth-order valence-corrected chi connectivity index (χ4v) is 4.28. The molecule has 0 saturated carbocycles. The molecule has 0 radical (unpaired) electrons. The van der Waals surface area contributed by atoms with Crippen molar-refractivity contribution in [1.82, 2.24) is 5.32 Å². The molecule has 0 aromatic heterocycles. The van der Waals surface area contributed by atoms with Crippen LogP contribution in [0.15, 0.2) is 45.2 Å². The molecule has 132 valence electrons. The van der Waals surface area contributed by atoms with Crippen LogP contribution in [-0.2, 0) is 9.59 Å². The SMILES string of the molecule is CC(=O)C1=C(C)NC2=C(C(=O)CC(C)(C)C2)C1c1ccc(Br)cc1F. The van der Waals surface area contributed by atoms with Crippen molar-refractivity contribution in [3.05, 3.63) is 56.6 Å². The van der Waals surface area contributed by atoms with Gasteiger partial charge < -0.3 is 5.32 Å². The Morgan fingerprint density at radius 2 is 2.00 bits per heavy atom. The topological polar surface area (TPSA) is 46.2 Å². The Bertz CT molecular complexity index is 851. The Kier molecular flexibility index (Phi) is 4.48. The lowest BCUT2D eigenvalue weighted by Gasteiger charge is -2.39. The molecule has 1 aliphatic carbocycles. The quantitative estimate of drug-likeness (QED) is 0.769. The zero-order chi connectivity index (χ0) is 18.5. The van der Waals surface area contributed by atoms with E-state index in [-0.39, 0.29) is 17.0 Å².